The lowest BCUT2D eigenvalue weighted by Crippen LogP contribution is -2.34. The van der Waals surface area contributed by atoms with Gasteiger partial charge in [-0.05, 0) is 31.7 Å². The normalized spacial score (nSPS) is 25.2. The topological polar surface area (TPSA) is 46.3 Å². The number of carbonyl (C=O) groups excluding carboxylic acids is 1. The monoisotopic (exact) mass is 222 g/mol. The minimum atomic E-state index is -0.325. The van der Waals surface area contributed by atoms with E-state index in [9.17, 15) is 9.18 Å². The number of hydrogen-bond acceptors (Lipinski definition) is 2. The van der Waals surface area contributed by atoms with Gasteiger partial charge in [0, 0.05) is 24.1 Å². The molecule has 0 aliphatic carbocycles. The van der Waals surface area contributed by atoms with Crippen molar-refractivity contribution < 1.29 is 9.18 Å². The molecule has 1 aromatic carbocycles. The second-order valence-electron chi connectivity index (χ2n) is 4.18. The number of halogens is 1. The molecular formula is C12H15FN2O. The Morgan fingerprint density at radius 3 is 2.88 bits per heavy atom. The van der Waals surface area contributed by atoms with Crippen LogP contribution in [-0.4, -0.2) is 18.5 Å². The van der Waals surface area contributed by atoms with Gasteiger partial charge in [0.25, 0.3) is 0 Å². The number of carbonyl (C=O) groups is 1. The summed E-state index contributed by atoms with van der Waals surface area (Å²) in [6.07, 6.45) is 0.453. The van der Waals surface area contributed by atoms with Crippen molar-refractivity contribution in [3.63, 3.8) is 0 Å². The Morgan fingerprint density at radius 2 is 2.31 bits per heavy atom. The lowest BCUT2D eigenvalue weighted by molar-refractivity contribution is -0.117. The predicted octanol–water partition coefficient (Wildman–Crippen LogP) is 1.53. The highest BCUT2D eigenvalue weighted by Gasteiger charge is 2.36. The summed E-state index contributed by atoms with van der Waals surface area (Å²) in [7, 11) is 0. The van der Waals surface area contributed by atoms with Crippen LogP contribution >= 0.6 is 0 Å². The fourth-order valence-corrected chi connectivity index (χ4v) is 2.22. The van der Waals surface area contributed by atoms with Gasteiger partial charge >= 0.3 is 0 Å². The second-order valence-corrected chi connectivity index (χ2v) is 4.18. The van der Waals surface area contributed by atoms with E-state index in [0.29, 0.717) is 18.7 Å². The number of rotatable bonds is 2. The second kappa shape index (κ2) is 4.22. The lowest BCUT2D eigenvalue weighted by Gasteiger charge is -2.24. The van der Waals surface area contributed by atoms with Crippen LogP contribution in [-0.2, 0) is 4.79 Å². The lowest BCUT2D eigenvalue weighted by atomic mass is 10.0. The van der Waals surface area contributed by atoms with Crippen LogP contribution in [0.5, 0.6) is 0 Å². The minimum absolute atomic E-state index is 0.0218. The van der Waals surface area contributed by atoms with Crippen molar-refractivity contribution in [3.05, 3.63) is 30.1 Å². The highest BCUT2D eigenvalue weighted by molar-refractivity contribution is 5.96. The third kappa shape index (κ3) is 1.80. The van der Waals surface area contributed by atoms with Gasteiger partial charge in [-0.1, -0.05) is 6.07 Å². The van der Waals surface area contributed by atoms with Gasteiger partial charge in [-0.3, -0.25) is 4.79 Å². The molecular weight excluding hydrogens is 207 g/mol. The van der Waals surface area contributed by atoms with Gasteiger partial charge in [0.15, 0.2) is 0 Å². The van der Waals surface area contributed by atoms with Gasteiger partial charge in [0.1, 0.15) is 5.82 Å². The maximum Gasteiger partial charge on any atom is 0.227 e. The summed E-state index contributed by atoms with van der Waals surface area (Å²) in [4.78, 5) is 13.5. The zero-order valence-corrected chi connectivity index (χ0v) is 9.19. The molecule has 1 aliphatic rings. The number of benzene rings is 1. The third-order valence-electron chi connectivity index (χ3n) is 3.18. The number of amides is 1. The van der Waals surface area contributed by atoms with Crippen molar-refractivity contribution in [1.29, 1.82) is 0 Å². The molecule has 1 heterocycles. The van der Waals surface area contributed by atoms with Crippen LogP contribution in [0.15, 0.2) is 24.3 Å². The van der Waals surface area contributed by atoms with Crippen molar-refractivity contribution in [1.82, 2.24) is 0 Å². The number of nitrogens with zero attached hydrogens (tertiary/aromatic N) is 1. The smallest absolute Gasteiger partial charge is 0.227 e. The zero-order chi connectivity index (χ0) is 11.7. The Morgan fingerprint density at radius 1 is 1.56 bits per heavy atom. The Hall–Kier alpha value is -1.42. The molecule has 0 aromatic heterocycles. The first kappa shape index (κ1) is 11.1. The van der Waals surface area contributed by atoms with Crippen LogP contribution in [0.1, 0.15) is 13.3 Å². The van der Waals surface area contributed by atoms with E-state index in [-0.39, 0.29) is 23.7 Å². The van der Waals surface area contributed by atoms with E-state index in [4.69, 9.17) is 5.73 Å². The summed E-state index contributed by atoms with van der Waals surface area (Å²) >= 11 is 0. The maximum atomic E-state index is 13.1. The first-order valence-electron chi connectivity index (χ1n) is 5.41. The Bertz CT molecular complexity index is 408. The molecule has 1 saturated heterocycles. The SMILES string of the molecule is CC1C(CN)CC(=O)N1c1cccc(F)c1. The van der Waals surface area contributed by atoms with E-state index in [2.05, 4.69) is 0 Å². The fraction of sp³-hybridized carbons (Fsp3) is 0.417. The van der Waals surface area contributed by atoms with E-state index < -0.39 is 0 Å². The molecule has 0 saturated carbocycles. The summed E-state index contributed by atoms with van der Waals surface area (Å²) in [6.45, 7) is 2.44. The van der Waals surface area contributed by atoms with Crippen molar-refractivity contribution in [2.75, 3.05) is 11.4 Å². The molecule has 2 unspecified atom stereocenters. The largest absolute Gasteiger partial charge is 0.330 e. The quantitative estimate of drug-likeness (QED) is 0.824. The van der Waals surface area contributed by atoms with Gasteiger partial charge in [0.2, 0.25) is 5.91 Å². The average Bonchev–Trinajstić information content (AvgIpc) is 2.53. The molecule has 1 amide bonds. The summed E-state index contributed by atoms with van der Waals surface area (Å²) in [5.41, 5.74) is 6.22. The van der Waals surface area contributed by atoms with Crippen LogP contribution in [0.2, 0.25) is 0 Å². The molecule has 3 nitrogen and oxygen atoms in total. The van der Waals surface area contributed by atoms with Crippen LogP contribution in [0.4, 0.5) is 10.1 Å². The van der Waals surface area contributed by atoms with E-state index in [1.54, 1.807) is 17.0 Å². The highest BCUT2D eigenvalue weighted by atomic mass is 19.1. The molecule has 0 radical (unpaired) electrons. The van der Waals surface area contributed by atoms with E-state index in [0.717, 1.165) is 0 Å². The van der Waals surface area contributed by atoms with Gasteiger partial charge in [-0.15, -0.1) is 0 Å². The molecule has 86 valence electrons. The minimum Gasteiger partial charge on any atom is -0.330 e. The average molecular weight is 222 g/mol. The molecule has 1 aliphatic heterocycles. The van der Waals surface area contributed by atoms with Crippen LogP contribution in [0.3, 0.4) is 0 Å². The Kier molecular flexibility index (Phi) is 2.92. The van der Waals surface area contributed by atoms with Crippen molar-refractivity contribution in [2.24, 2.45) is 11.7 Å². The first-order chi connectivity index (χ1) is 7.63. The van der Waals surface area contributed by atoms with E-state index in [1.807, 2.05) is 6.92 Å². The predicted molar refractivity (Wildman–Crippen MR) is 60.5 cm³/mol. The molecule has 2 N–H and O–H groups in total. The van der Waals surface area contributed by atoms with E-state index in [1.165, 1.54) is 12.1 Å². The molecule has 1 aromatic rings. The maximum absolute atomic E-state index is 13.1. The van der Waals surface area contributed by atoms with Crippen LogP contribution < -0.4 is 10.6 Å². The van der Waals surface area contributed by atoms with Crippen molar-refractivity contribution >= 4 is 11.6 Å². The fourth-order valence-electron chi connectivity index (χ4n) is 2.22. The summed E-state index contributed by atoms with van der Waals surface area (Å²) < 4.78 is 13.1. The molecule has 0 spiro atoms. The molecule has 4 heteroatoms. The van der Waals surface area contributed by atoms with Gasteiger partial charge < -0.3 is 10.6 Å². The zero-order valence-electron chi connectivity index (χ0n) is 9.19. The third-order valence-corrected chi connectivity index (χ3v) is 3.18. The number of nitrogens with two attached hydrogens (primary N) is 1. The summed E-state index contributed by atoms with van der Waals surface area (Å²) in [5, 5.41) is 0. The van der Waals surface area contributed by atoms with Crippen molar-refractivity contribution in [3.8, 4) is 0 Å². The van der Waals surface area contributed by atoms with Gasteiger partial charge in [-0.2, -0.15) is 0 Å². The van der Waals surface area contributed by atoms with Gasteiger partial charge in [0.05, 0.1) is 0 Å². The Balaban J connectivity index is 2.30. The van der Waals surface area contributed by atoms with Crippen molar-refractivity contribution in [2.45, 2.75) is 19.4 Å². The highest BCUT2D eigenvalue weighted by Crippen LogP contribution is 2.30. The number of anilines is 1. The molecule has 2 rings (SSSR count). The molecule has 2 atom stereocenters. The molecule has 0 bridgehead atoms. The number of hydrogen-bond donors (Lipinski definition) is 1. The van der Waals surface area contributed by atoms with E-state index >= 15 is 0 Å². The van der Waals surface area contributed by atoms with Crippen LogP contribution in [0.25, 0.3) is 0 Å². The Labute approximate surface area is 94.0 Å². The molecule has 1 fully saturated rings. The molecule has 16 heavy (non-hydrogen) atoms. The standard InChI is InChI=1S/C12H15FN2O/c1-8-9(7-14)5-12(16)15(8)11-4-2-3-10(13)6-11/h2-4,6,8-9H,5,7,14H2,1H3. The first-order valence-corrected chi connectivity index (χ1v) is 5.41. The van der Waals surface area contributed by atoms with Gasteiger partial charge in [-0.25, -0.2) is 4.39 Å². The summed E-state index contributed by atoms with van der Waals surface area (Å²) in [5.74, 6) is -0.141. The summed E-state index contributed by atoms with van der Waals surface area (Å²) in [6, 6.07) is 6.15. The van der Waals surface area contributed by atoms with Crippen LogP contribution in [0, 0.1) is 11.7 Å².